The highest BCUT2D eigenvalue weighted by Crippen LogP contribution is 2.44. The van der Waals surface area contributed by atoms with Crippen molar-refractivity contribution in [2.24, 2.45) is 0 Å². The molecule has 3 heterocycles. The Labute approximate surface area is 222 Å². The number of carbonyl (C=O) groups excluding carboxylic acids is 1. The molecule has 1 saturated heterocycles. The summed E-state index contributed by atoms with van der Waals surface area (Å²) in [7, 11) is 1.68. The number of ether oxygens (including phenoxy) is 1. The van der Waals surface area contributed by atoms with Crippen molar-refractivity contribution in [2.75, 3.05) is 17.3 Å². The van der Waals surface area contributed by atoms with Gasteiger partial charge in [-0.3, -0.25) is 9.78 Å². The lowest BCUT2D eigenvalue weighted by Crippen LogP contribution is -2.29. The molecule has 7 nitrogen and oxygen atoms in total. The minimum Gasteiger partial charge on any atom is -0.497 e. The minimum absolute atomic E-state index is 0.107. The van der Waals surface area contributed by atoms with Crippen molar-refractivity contribution < 1.29 is 9.53 Å². The molecule has 0 aliphatic carbocycles. The van der Waals surface area contributed by atoms with Crippen LogP contribution in [-0.4, -0.2) is 27.7 Å². The Balaban J connectivity index is 1.63. The van der Waals surface area contributed by atoms with E-state index >= 15 is 0 Å². The van der Waals surface area contributed by atoms with Crippen molar-refractivity contribution in [3.63, 3.8) is 0 Å². The Morgan fingerprint density at radius 1 is 1.03 bits per heavy atom. The number of methoxy groups -OCH3 is 1. The van der Waals surface area contributed by atoms with Crippen molar-refractivity contribution in [2.45, 2.75) is 32.9 Å². The quantitative estimate of drug-likeness (QED) is 0.327. The summed E-state index contributed by atoms with van der Waals surface area (Å²) in [6.07, 6.45) is 1.81. The summed E-state index contributed by atoms with van der Waals surface area (Å²) < 4.78 is 7.72. The monoisotopic (exact) mass is 511 g/mol. The normalized spacial score (nSPS) is 17.0. The largest absolute Gasteiger partial charge is 0.497 e. The van der Waals surface area contributed by atoms with Crippen molar-refractivity contribution in [3.8, 4) is 11.4 Å². The maximum atomic E-state index is 11.5. The van der Waals surface area contributed by atoms with Gasteiger partial charge in [-0.2, -0.15) is 0 Å². The van der Waals surface area contributed by atoms with Crippen LogP contribution in [0.15, 0.2) is 79.0 Å². The van der Waals surface area contributed by atoms with E-state index < -0.39 is 0 Å². The van der Waals surface area contributed by atoms with Crippen molar-refractivity contribution in [3.05, 3.63) is 102 Å². The second-order valence-electron chi connectivity index (χ2n) is 9.09. The summed E-state index contributed by atoms with van der Waals surface area (Å²) in [6.45, 7) is 5.74. The number of thiocarbonyl (C=S) groups is 1. The van der Waals surface area contributed by atoms with Crippen LogP contribution in [0.2, 0.25) is 0 Å². The molecule has 5 rings (SSSR count). The first-order valence-electron chi connectivity index (χ1n) is 12.1. The summed E-state index contributed by atoms with van der Waals surface area (Å²) in [4.78, 5) is 18.3. The minimum atomic E-state index is -0.150. The lowest BCUT2D eigenvalue weighted by Gasteiger charge is -2.28. The number of aromatic nitrogens is 2. The molecule has 2 N–H and O–H groups in total. The fraction of sp³-hybridized carbons (Fsp3) is 0.207. The lowest BCUT2D eigenvalue weighted by molar-refractivity contribution is -0.114. The molecule has 2 aromatic heterocycles. The number of aryl methyl sites for hydroxylation is 1. The highest BCUT2D eigenvalue weighted by Gasteiger charge is 2.42. The summed E-state index contributed by atoms with van der Waals surface area (Å²) in [5, 5.41) is 6.98. The molecule has 8 heteroatoms. The van der Waals surface area contributed by atoms with Gasteiger partial charge in [-0.05, 0) is 86.2 Å². The summed E-state index contributed by atoms with van der Waals surface area (Å²) in [6, 6.07) is 23.7. The zero-order valence-electron chi connectivity index (χ0n) is 21.2. The molecule has 1 aliphatic heterocycles. The number of carbonyl (C=O) groups is 1. The van der Waals surface area contributed by atoms with Crippen LogP contribution in [-0.2, 0) is 4.79 Å². The van der Waals surface area contributed by atoms with Gasteiger partial charge in [0.15, 0.2) is 5.11 Å². The SMILES string of the molecule is COc1cccc(-n2c(C)cc(C3C(c4ccccn4)NC(=S)N3c3ccc(NC(C)=O)cc3)c2C)c1. The van der Waals surface area contributed by atoms with Gasteiger partial charge in [0.25, 0.3) is 0 Å². The molecular formula is C29H29N5O2S. The molecule has 1 fully saturated rings. The summed E-state index contributed by atoms with van der Waals surface area (Å²) >= 11 is 5.88. The van der Waals surface area contributed by atoms with E-state index in [0.29, 0.717) is 5.11 Å². The van der Waals surface area contributed by atoms with Gasteiger partial charge in [-0.1, -0.05) is 12.1 Å². The molecule has 2 aromatic carbocycles. The fourth-order valence-electron chi connectivity index (χ4n) is 5.09. The standard InChI is InChI=1S/C29H29N5O2S/c1-18-16-25(19(2)33(18)23-8-7-9-24(17-23)36-4)28-27(26-10-5-6-15-30-26)32-29(37)34(28)22-13-11-21(12-14-22)31-20(3)35/h5-17,27-28H,1-4H3,(H,31,35)(H,32,37). The number of pyridine rings is 1. The molecule has 4 aromatic rings. The van der Waals surface area contributed by atoms with E-state index in [2.05, 4.69) is 51.1 Å². The number of nitrogens with zero attached hydrogens (tertiary/aromatic N) is 3. The number of amides is 1. The van der Waals surface area contributed by atoms with Gasteiger partial charge >= 0.3 is 0 Å². The van der Waals surface area contributed by atoms with Crippen LogP contribution < -0.4 is 20.3 Å². The van der Waals surface area contributed by atoms with Gasteiger partial charge < -0.3 is 24.8 Å². The highest BCUT2D eigenvalue weighted by atomic mass is 32.1. The molecule has 1 aliphatic rings. The van der Waals surface area contributed by atoms with Crippen molar-refractivity contribution in [1.82, 2.24) is 14.9 Å². The summed E-state index contributed by atoms with van der Waals surface area (Å²) in [5.41, 5.74) is 6.99. The van der Waals surface area contributed by atoms with Crippen LogP contribution in [0, 0.1) is 13.8 Å². The van der Waals surface area contributed by atoms with Crippen LogP contribution in [0.25, 0.3) is 5.69 Å². The maximum Gasteiger partial charge on any atom is 0.221 e. The Hall–Kier alpha value is -4.17. The zero-order valence-corrected chi connectivity index (χ0v) is 22.0. The number of hydrogen-bond donors (Lipinski definition) is 2. The van der Waals surface area contributed by atoms with E-state index in [1.54, 1.807) is 7.11 Å². The first kappa shape index (κ1) is 24.5. The molecule has 37 heavy (non-hydrogen) atoms. The maximum absolute atomic E-state index is 11.5. The van der Waals surface area contributed by atoms with Crippen LogP contribution in [0.4, 0.5) is 11.4 Å². The summed E-state index contributed by atoms with van der Waals surface area (Å²) in [5.74, 6) is 0.701. The average molecular weight is 512 g/mol. The van der Waals surface area contributed by atoms with E-state index in [1.165, 1.54) is 6.92 Å². The number of hydrogen-bond acceptors (Lipinski definition) is 4. The Morgan fingerprint density at radius 2 is 1.81 bits per heavy atom. The van der Waals surface area contributed by atoms with Crippen molar-refractivity contribution in [1.29, 1.82) is 0 Å². The van der Waals surface area contributed by atoms with Crippen LogP contribution in [0.3, 0.4) is 0 Å². The molecule has 0 radical (unpaired) electrons. The molecule has 0 bridgehead atoms. The van der Waals surface area contributed by atoms with Gasteiger partial charge in [-0.15, -0.1) is 0 Å². The second-order valence-corrected chi connectivity index (χ2v) is 9.47. The van der Waals surface area contributed by atoms with Gasteiger partial charge in [0.2, 0.25) is 5.91 Å². The van der Waals surface area contributed by atoms with Gasteiger partial charge in [0.05, 0.1) is 24.9 Å². The third kappa shape index (κ3) is 4.68. The Bertz CT molecular complexity index is 1450. The number of anilines is 2. The van der Waals surface area contributed by atoms with E-state index in [1.807, 2.05) is 66.9 Å². The van der Waals surface area contributed by atoms with E-state index in [0.717, 1.165) is 45.5 Å². The predicted octanol–water partition coefficient (Wildman–Crippen LogP) is 5.63. The molecular weight excluding hydrogens is 482 g/mol. The van der Waals surface area contributed by atoms with Crippen LogP contribution in [0.1, 0.15) is 41.7 Å². The number of rotatable bonds is 6. The highest BCUT2D eigenvalue weighted by molar-refractivity contribution is 7.80. The van der Waals surface area contributed by atoms with Gasteiger partial charge in [0.1, 0.15) is 5.75 Å². The number of nitrogens with one attached hydrogen (secondary N) is 2. The lowest BCUT2D eigenvalue weighted by atomic mass is 9.96. The van der Waals surface area contributed by atoms with Crippen molar-refractivity contribution >= 4 is 34.6 Å². The first-order valence-corrected chi connectivity index (χ1v) is 12.5. The van der Waals surface area contributed by atoms with Crippen LogP contribution >= 0.6 is 12.2 Å². The number of benzene rings is 2. The van der Waals surface area contributed by atoms with E-state index in [9.17, 15) is 4.79 Å². The van der Waals surface area contributed by atoms with E-state index in [-0.39, 0.29) is 18.0 Å². The van der Waals surface area contributed by atoms with Gasteiger partial charge in [0, 0.05) is 47.6 Å². The Morgan fingerprint density at radius 3 is 2.49 bits per heavy atom. The molecule has 1 amide bonds. The smallest absolute Gasteiger partial charge is 0.221 e. The van der Waals surface area contributed by atoms with E-state index in [4.69, 9.17) is 17.0 Å². The molecule has 2 atom stereocenters. The molecule has 188 valence electrons. The average Bonchev–Trinajstić information content (AvgIpc) is 3.39. The fourth-order valence-corrected chi connectivity index (χ4v) is 5.44. The van der Waals surface area contributed by atoms with Crippen LogP contribution in [0.5, 0.6) is 5.75 Å². The third-order valence-electron chi connectivity index (χ3n) is 6.66. The molecule has 2 unspecified atom stereocenters. The Kier molecular flexibility index (Phi) is 6.67. The third-order valence-corrected chi connectivity index (χ3v) is 6.98. The predicted molar refractivity (Wildman–Crippen MR) is 150 cm³/mol. The topological polar surface area (TPSA) is 71.4 Å². The first-order chi connectivity index (χ1) is 17.9. The second kappa shape index (κ2) is 10.1. The van der Waals surface area contributed by atoms with Gasteiger partial charge in [-0.25, -0.2) is 0 Å². The molecule has 0 spiro atoms. The zero-order chi connectivity index (χ0) is 26.1. The molecule has 0 saturated carbocycles.